The Morgan fingerprint density at radius 2 is 2.04 bits per heavy atom. The predicted octanol–water partition coefficient (Wildman–Crippen LogP) is 2.19. The molecule has 1 aliphatic heterocycles. The number of aryl methyl sites for hydroxylation is 1. The number of amides is 1. The van der Waals surface area contributed by atoms with E-state index in [1.807, 2.05) is 24.8 Å². The minimum atomic E-state index is 0.168. The van der Waals surface area contributed by atoms with Gasteiger partial charge in [0.15, 0.2) is 0 Å². The lowest BCUT2D eigenvalue weighted by Gasteiger charge is -2.36. The van der Waals surface area contributed by atoms with Crippen molar-refractivity contribution in [2.75, 3.05) is 37.7 Å². The van der Waals surface area contributed by atoms with Crippen molar-refractivity contribution in [3.63, 3.8) is 0 Å². The number of allylic oxidation sites excluding steroid dienone is 2. The number of anilines is 1. The molecule has 6 heteroatoms. The number of carbonyl (C=O) groups excluding carboxylic acids is 1. The molecule has 1 aromatic rings. The monoisotopic (exact) mass is 330 g/mol. The number of hydrogen-bond donors (Lipinski definition) is 0. The molecule has 1 amide bonds. The van der Waals surface area contributed by atoms with Gasteiger partial charge in [-0.2, -0.15) is 4.98 Å². The molecule has 0 bridgehead atoms. The van der Waals surface area contributed by atoms with Crippen molar-refractivity contribution in [1.29, 1.82) is 0 Å². The highest BCUT2D eigenvalue weighted by atomic mass is 16.5. The summed E-state index contributed by atoms with van der Waals surface area (Å²) in [7, 11) is 0. The highest BCUT2D eigenvalue weighted by Crippen LogP contribution is 2.22. The average Bonchev–Trinajstić information content (AvgIpc) is 2.62. The van der Waals surface area contributed by atoms with Crippen LogP contribution in [-0.4, -0.2) is 53.6 Å². The first kappa shape index (κ1) is 16.7. The van der Waals surface area contributed by atoms with Gasteiger partial charge in [-0.3, -0.25) is 4.79 Å². The van der Waals surface area contributed by atoms with Crippen molar-refractivity contribution < 1.29 is 9.53 Å². The van der Waals surface area contributed by atoms with E-state index in [2.05, 4.69) is 27.0 Å². The molecule has 24 heavy (non-hydrogen) atoms. The van der Waals surface area contributed by atoms with Gasteiger partial charge in [-0.1, -0.05) is 12.2 Å². The molecule has 0 radical (unpaired) electrons. The molecular weight excluding hydrogens is 304 g/mol. The van der Waals surface area contributed by atoms with E-state index in [1.165, 1.54) is 0 Å². The zero-order valence-corrected chi connectivity index (χ0v) is 14.6. The number of piperazine rings is 1. The van der Waals surface area contributed by atoms with Crippen LogP contribution in [0.3, 0.4) is 0 Å². The molecule has 0 unspecified atom stereocenters. The molecule has 1 saturated heterocycles. The fourth-order valence-electron chi connectivity index (χ4n) is 3.29. The highest BCUT2D eigenvalue weighted by molar-refractivity contribution is 5.79. The van der Waals surface area contributed by atoms with Crippen molar-refractivity contribution in [2.45, 2.75) is 33.1 Å². The predicted molar refractivity (Wildman–Crippen MR) is 93.2 cm³/mol. The Morgan fingerprint density at radius 1 is 1.25 bits per heavy atom. The van der Waals surface area contributed by atoms with Crippen LogP contribution in [0.2, 0.25) is 0 Å². The number of rotatable bonds is 4. The van der Waals surface area contributed by atoms with Crippen molar-refractivity contribution in [3.05, 3.63) is 23.9 Å². The summed E-state index contributed by atoms with van der Waals surface area (Å²) < 4.78 is 5.51. The molecule has 130 valence electrons. The van der Waals surface area contributed by atoms with Gasteiger partial charge >= 0.3 is 0 Å². The van der Waals surface area contributed by atoms with Crippen molar-refractivity contribution in [1.82, 2.24) is 14.9 Å². The normalized spacial score (nSPS) is 21.0. The lowest BCUT2D eigenvalue weighted by Crippen LogP contribution is -2.51. The van der Waals surface area contributed by atoms with Crippen LogP contribution in [0.4, 0.5) is 5.95 Å². The summed E-state index contributed by atoms with van der Waals surface area (Å²) in [6, 6.07) is 1.85. The van der Waals surface area contributed by atoms with Crippen LogP contribution in [0.25, 0.3) is 0 Å². The maximum absolute atomic E-state index is 12.6. The molecule has 1 atom stereocenters. The SMILES string of the molecule is CCOc1cc(C)nc(N2CCN(C(=O)[C@@H]3CC=CCC3)CC2)n1. The molecule has 0 aromatic carbocycles. The third-order valence-corrected chi connectivity index (χ3v) is 4.60. The zero-order valence-electron chi connectivity index (χ0n) is 14.6. The zero-order chi connectivity index (χ0) is 16.9. The van der Waals surface area contributed by atoms with Crippen molar-refractivity contribution >= 4 is 11.9 Å². The lowest BCUT2D eigenvalue weighted by atomic mass is 9.93. The van der Waals surface area contributed by atoms with Crippen LogP contribution < -0.4 is 9.64 Å². The van der Waals surface area contributed by atoms with Crippen LogP contribution in [0.1, 0.15) is 31.9 Å². The first-order valence-corrected chi connectivity index (χ1v) is 8.84. The second-order valence-corrected chi connectivity index (χ2v) is 6.37. The fraction of sp³-hybridized carbons (Fsp3) is 0.611. The topological polar surface area (TPSA) is 58.6 Å². The number of nitrogens with zero attached hydrogens (tertiary/aromatic N) is 4. The molecule has 3 rings (SSSR count). The van der Waals surface area contributed by atoms with Gasteiger partial charge in [0, 0.05) is 43.9 Å². The maximum Gasteiger partial charge on any atom is 0.228 e. The van der Waals surface area contributed by atoms with Gasteiger partial charge in [0.2, 0.25) is 17.7 Å². The Hall–Kier alpha value is -2.11. The summed E-state index contributed by atoms with van der Waals surface area (Å²) in [5.74, 6) is 1.79. The van der Waals surface area contributed by atoms with Gasteiger partial charge in [-0.05, 0) is 33.1 Å². The first-order chi connectivity index (χ1) is 11.7. The summed E-state index contributed by atoms with van der Waals surface area (Å²) in [4.78, 5) is 25.8. The van der Waals surface area contributed by atoms with Crippen LogP contribution in [0.5, 0.6) is 5.88 Å². The van der Waals surface area contributed by atoms with E-state index in [0.29, 0.717) is 24.3 Å². The molecule has 0 saturated carbocycles. The highest BCUT2D eigenvalue weighted by Gasteiger charge is 2.28. The molecule has 0 N–H and O–H groups in total. The van der Waals surface area contributed by atoms with Crippen LogP contribution in [0, 0.1) is 12.8 Å². The first-order valence-electron chi connectivity index (χ1n) is 8.84. The van der Waals surface area contributed by atoms with Gasteiger partial charge in [0.25, 0.3) is 0 Å². The summed E-state index contributed by atoms with van der Waals surface area (Å²) in [6.45, 7) is 7.49. The number of ether oxygens (including phenoxy) is 1. The van der Waals surface area contributed by atoms with E-state index in [9.17, 15) is 4.79 Å². The molecule has 1 fully saturated rings. The van der Waals surface area contributed by atoms with Gasteiger partial charge in [-0.25, -0.2) is 4.98 Å². The number of aromatic nitrogens is 2. The van der Waals surface area contributed by atoms with E-state index < -0.39 is 0 Å². The van der Waals surface area contributed by atoms with Crippen LogP contribution >= 0.6 is 0 Å². The van der Waals surface area contributed by atoms with Gasteiger partial charge < -0.3 is 14.5 Å². The van der Waals surface area contributed by atoms with E-state index >= 15 is 0 Å². The Bertz CT molecular complexity index is 609. The van der Waals surface area contributed by atoms with Gasteiger partial charge in [0.05, 0.1) is 6.61 Å². The summed E-state index contributed by atoms with van der Waals surface area (Å²) in [5, 5.41) is 0. The average molecular weight is 330 g/mol. The van der Waals surface area contributed by atoms with E-state index in [4.69, 9.17) is 4.74 Å². The summed E-state index contributed by atoms with van der Waals surface area (Å²) in [6.07, 6.45) is 7.20. The largest absolute Gasteiger partial charge is 0.478 e. The van der Waals surface area contributed by atoms with E-state index in [0.717, 1.165) is 51.1 Å². The molecule has 2 aliphatic rings. The van der Waals surface area contributed by atoms with Crippen LogP contribution in [0.15, 0.2) is 18.2 Å². The quantitative estimate of drug-likeness (QED) is 0.792. The fourth-order valence-corrected chi connectivity index (χ4v) is 3.29. The molecule has 1 aromatic heterocycles. The molecule has 2 heterocycles. The van der Waals surface area contributed by atoms with Crippen molar-refractivity contribution in [2.24, 2.45) is 5.92 Å². The van der Waals surface area contributed by atoms with Gasteiger partial charge in [0.1, 0.15) is 0 Å². The number of hydrogen-bond acceptors (Lipinski definition) is 5. The van der Waals surface area contributed by atoms with E-state index in [-0.39, 0.29) is 5.92 Å². The summed E-state index contributed by atoms with van der Waals surface area (Å²) in [5.41, 5.74) is 0.899. The standard InChI is InChI=1S/C18H26N4O2/c1-3-24-16-13-14(2)19-18(20-16)22-11-9-21(10-12-22)17(23)15-7-5-4-6-8-15/h4-5,13,15H,3,6-12H2,1-2H3/t15-/m1/s1. The number of carbonyl (C=O) groups is 1. The Labute approximate surface area is 143 Å². The summed E-state index contributed by atoms with van der Waals surface area (Å²) >= 11 is 0. The third-order valence-electron chi connectivity index (χ3n) is 4.60. The minimum absolute atomic E-state index is 0.168. The smallest absolute Gasteiger partial charge is 0.228 e. The van der Waals surface area contributed by atoms with Crippen molar-refractivity contribution in [3.8, 4) is 5.88 Å². The molecule has 6 nitrogen and oxygen atoms in total. The second kappa shape index (κ2) is 7.64. The Morgan fingerprint density at radius 3 is 2.71 bits per heavy atom. The molecular formula is C18H26N4O2. The van der Waals surface area contributed by atoms with E-state index in [1.54, 1.807) is 0 Å². The Kier molecular flexibility index (Phi) is 5.33. The minimum Gasteiger partial charge on any atom is -0.478 e. The second-order valence-electron chi connectivity index (χ2n) is 6.37. The Balaban J connectivity index is 1.60. The maximum atomic E-state index is 12.6. The van der Waals surface area contributed by atoms with Crippen LogP contribution in [-0.2, 0) is 4.79 Å². The van der Waals surface area contributed by atoms with Gasteiger partial charge in [-0.15, -0.1) is 0 Å². The molecule has 0 spiro atoms. The molecule has 1 aliphatic carbocycles. The third kappa shape index (κ3) is 3.86. The lowest BCUT2D eigenvalue weighted by molar-refractivity contribution is -0.136.